The smallest absolute Gasteiger partial charge is 0.270 e. The summed E-state index contributed by atoms with van der Waals surface area (Å²) in [5.41, 5.74) is 3.14. The van der Waals surface area contributed by atoms with Crippen LogP contribution in [0.5, 0.6) is 0 Å². The Labute approximate surface area is 210 Å². The van der Waals surface area contributed by atoms with E-state index in [-0.39, 0.29) is 24.3 Å². The number of nitrogens with one attached hydrogen (secondary N) is 2. The second-order valence-corrected chi connectivity index (χ2v) is 10.5. The second-order valence-electron chi connectivity index (χ2n) is 10.5. The van der Waals surface area contributed by atoms with Gasteiger partial charge in [-0.15, -0.1) is 0 Å². The van der Waals surface area contributed by atoms with Gasteiger partial charge in [0.1, 0.15) is 23.7 Å². The third kappa shape index (κ3) is 3.53. The molecule has 2 aromatic rings. The molecule has 1 atom stereocenters. The average molecular weight is 486 g/mol. The van der Waals surface area contributed by atoms with Gasteiger partial charge in [0.05, 0.1) is 5.41 Å². The van der Waals surface area contributed by atoms with Crippen molar-refractivity contribution in [2.45, 2.75) is 75.8 Å². The molecular weight excluding hydrogens is 454 g/mol. The number of fused-ring (bicyclic) bond motifs is 3. The summed E-state index contributed by atoms with van der Waals surface area (Å²) < 4.78 is 0. The third-order valence-electron chi connectivity index (χ3n) is 8.34. The molecule has 2 aliphatic carbocycles. The number of rotatable bonds is 4. The molecule has 0 bridgehead atoms. The molecule has 3 heterocycles. The average Bonchev–Trinajstić information content (AvgIpc) is 3.38. The molecule has 6 rings (SSSR count). The van der Waals surface area contributed by atoms with E-state index in [2.05, 4.69) is 15.6 Å². The lowest BCUT2D eigenvalue weighted by molar-refractivity contribution is -0.133. The maximum Gasteiger partial charge on any atom is 0.270 e. The molecule has 2 aliphatic heterocycles. The first-order valence-corrected chi connectivity index (χ1v) is 13.0. The normalized spacial score (nSPS) is 23.9. The van der Waals surface area contributed by atoms with Crippen molar-refractivity contribution in [3.63, 3.8) is 0 Å². The number of aliphatic imine (C=N–C) groups is 1. The van der Waals surface area contributed by atoms with Crippen LogP contribution in [0.15, 0.2) is 41.5 Å². The molecule has 1 saturated carbocycles. The fourth-order valence-corrected chi connectivity index (χ4v) is 6.52. The molecule has 36 heavy (non-hydrogen) atoms. The quantitative estimate of drug-likeness (QED) is 0.688. The lowest BCUT2D eigenvalue weighted by Gasteiger charge is -2.35. The molecule has 2 spiro atoms. The van der Waals surface area contributed by atoms with Gasteiger partial charge in [-0.2, -0.15) is 0 Å². The maximum atomic E-state index is 13.2. The van der Waals surface area contributed by atoms with Crippen molar-refractivity contribution in [3.8, 4) is 0 Å². The Balaban J connectivity index is 1.19. The first-order valence-electron chi connectivity index (χ1n) is 13.0. The van der Waals surface area contributed by atoms with Gasteiger partial charge in [0.25, 0.3) is 5.91 Å². The van der Waals surface area contributed by atoms with Crippen molar-refractivity contribution in [3.05, 3.63) is 53.2 Å². The molecule has 2 N–H and O–H groups in total. The number of hydrogen-bond donors (Lipinski definition) is 2. The fourth-order valence-electron chi connectivity index (χ4n) is 6.52. The molecule has 0 radical (unpaired) electrons. The summed E-state index contributed by atoms with van der Waals surface area (Å²) >= 11 is 0. The monoisotopic (exact) mass is 485 g/mol. The highest BCUT2D eigenvalue weighted by atomic mass is 16.2. The number of benzene rings is 1. The minimum absolute atomic E-state index is 0.00565. The Morgan fingerprint density at radius 3 is 2.64 bits per heavy atom. The summed E-state index contributed by atoms with van der Waals surface area (Å²) in [6, 6.07) is 9.67. The largest absolute Gasteiger partial charge is 0.325 e. The molecular formula is C28H31N5O3. The van der Waals surface area contributed by atoms with E-state index in [0.29, 0.717) is 36.5 Å². The molecule has 8 nitrogen and oxygen atoms in total. The molecule has 3 amide bonds. The zero-order valence-corrected chi connectivity index (χ0v) is 20.6. The van der Waals surface area contributed by atoms with Crippen LogP contribution in [0.4, 0.5) is 11.5 Å². The summed E-state index contributed by atoms with van der Waals surface area (Å²) in [6.45, 7) is 1.94. The number of nitrogens with zero attached hydrogens (tertiary/aromatic N) is 3. The van der Waals surface area contributed by atoms with Gasteiger partial charge in [-0.25, -0.2) is 4.98 Å². The van der Waals surface area contributed by atoms with E-state index in [9.17, 15) is 14.4 Å². The highest BCUT2D eigenvalue weighted by Gasteiger charge is 2.51. The highest BCUT2D eigenvalue weighted by molar-refractivity contribution is 6.40. The van der Waals surface area contributed by atoms with E-state index in [1.807, 2.05) is 37.3 Å². The van der Waals surface area contributed by atoms with Crippen LogP contribution in [0.2, 0.25) is 0 Å². The van der Waals surface area contributed by atoms with E-state index >= 15 is 0 Å². The Morgan fingerprint density at radius 1 is 1.08 bits per heavy atom. The summed E-state index contributed by atoms with van der Waals surface area (Å²) in [5.74, 6) is 0.288. The standard InChI is InChI=1S/C28H31N5O3/c1-2-22-25(35)33(28(32-22)11-5-3-4-6-12-28)17-23(34)30-20-10-9-18-15-27(16-19(18)14-20)21-8-7-13-29-24(21)31-26(27)36/h7-10,13-14H,2-6,11-12,15-17H2,1H3,(H,30,34)(H,29,31,36). The second kappa shape index (κ2) is 8.54. The van der Waals surface area contributed by atoms with E-state index in [1.165, 1.54) is 0 Å². The number of anilines is 2. The van der Waals surface area contributed by atoms with Crippen molar-refractivity contribution >= 4 is 34.9 Å². The van der Waals surface area contributed by atoms with Crippen molar-refractivity contribution < 1.29 is 14.4 Å². The molecule has 8 heteroatoms. The predicted octanol–water partition coefficient (Wildman–Crippen LogP) is 3.75. The van der Waals surface area contributed by atoms with Crippen LogP contribution < -0.4 is 10.6 Å². The lowest BCUT2D eigenvalue weighted by Crippen LogP contribution is -2.50. The number of aromatic nitrogens is 1. The summed E-state index contributed by atoms with van der Waals surface area (Å²) in [7, 11) is 0. The summed E-state index contributed by atoms with van der Waals surface area (Å²) in [5, 5.41) is 5.93. The Hall–Kier alpha value is -3.55. The molecule has 186 valence electrons. The number of hydrogen-bond acceptors (Lipinski definition) is 5. The molecule has 4 aliphatic rings. The van der Waals surface area contributed by atoms with Gasteiger partial charge in [0.15, 0.2) is 0 Å². The Morgan fingerprint density at radius 2 is 1.86 bits per heavy atom. The van der Waals surface area contributed by atoms with Crippen molar-refractivity contribution in [2.24, 2.45) is 4.99 Å². The van der Waals surface area contributed by atoms with Crippen LogP contribution in [0.25, 0.3) is 0 Å². The van der Waals surface area contributed by atoms with Crippen LogP contribution >= 0.6 is 0 Å². The molecule has 1 fully saturated rings. The first-order chi connectivity index (χ1) is 17.4. The number of pyridine rings is 1. The van der Waals surface area contributed by atoms with E-state index in [4.69, 9.17) is 4.99 Å². The number of carbonyl (C=O) groups excluding carboxylic acids is 3. The minimum Gasteiger partial charge on any atom is -0.325 e. The van der Waals surface area contributed by atoms with Gasteiger partial charge in [0, 0.05) is 17.4 Å². The van der Waals surface area contributed by atoms with Crippen LogP contribution in [0.1, 0.15) is 68.6 Å². The van der Waals surface area contributed by atoms with E-state index < -0.39 is 11.1 Å². The third-order valence-corrected chi connectivity index (χ3v) is 8.34. The maximum absolute atomic E-state index is 13.2. The van der Waals surface area contributed by atoms with Gasteiger partial charge in [-0.05, 0) is 74.3 Å². The number of amides is 3. The number of carbonyl (C=O) groups is 3. The van der Waals surface area contributed by atoms with Crippen LogP contribution in [-0.2, 0) is 32.6 Å². The van der Waals surface area contributed by atoms with Crippen molar-refractivity contribution in [1.29, 1.82) is 0 Å². The minimum atomic E-state index is -0.643. The molecule has 1 aromatic heterocycles. The zero-order valence-electron chi connectivity index (χ0n) is 20.6. The lowest BCUT2D eigenvalue weighted by atomic mass is 9.79. The van der Waals surface area contributed by atoms with Gasteiger partial charge in [0.2, 0.25) is 11.8 Å². The van der Waals surface area contributed by atoms with Crippen LogP contribution in [0, 0.1) is 0 Å². The predicted molar refractivity (Wildman–Crippen MR) is 137 cm³/mol. The van der Waals surface area contributed by atoms with Crippen LogP contribution in [0.3, 0.4) is 0 Å². The summed E-state index contributed by atoms with van der Waals surface area (Å²) in [4.78, 5) is 50.1. The van der Waals surface area contributed by atoms with E-state index in [1.54, 1.807) is 11.1 Å². The zero-order chi connectivity index (χ0) is 24.9. The van der Waals surface area contributed by atoms with Gasteiger partial charge >= 0.3 is 0 Å². The van der Waals surface area contributed by atoms with Crippen molar-refractivity contribution in [2.75, 3.05) is 17.2 Å². The van der Waals surface area contributed by atoms with Gasteiger partial charge in [-0.3, -0.25) is 19.4 Å². The fraction of sp³-hybridized carbons (Fsp3) is 0.464. The van der Waals surface area contributed by atoms with Gasteiger partial charge in [-0.1, -0.05) is 31.9 Å². The Bertz CT molecular complexity index is 1290. The first kappa shape index (κ1) is 22.9. The molecule has 1 aromatic carbocycles. The topological polar surface area (TPSA) is 104 Å². The van der Waals surface area contributed by atoms with Crippen LogP contribution in [-0.4, -0.2) is 45.5 Å². The SMILES string of the molecule is CCC1=NC2(CCCCCC2)N(CC(=O)Nc2ccc3c(c2)CC2(C3)C(=O)Nc3ncccc32)C1=O. The summed E-state index contributed by atoms with van der Waals surface area (Å²) in [6.07, 6.45) is 9.40. The molecule has 1 unspecified atom stereocenters. The van der Waals surface area contributed by atoms with Crippen molar-refractivity contribution in [1.82, 2.24) is 9.88 Å². The van der Waals surface area contributed by atoms with Gasteiger partial charge < -0.3 is 15.5 Å². The Kier molecular flexibility index (Phi) is 5.43. The highest BCUT2D eigenvalue weighted by Crippen LogP contribution is 2.47. The van der Waals surface area contributed by atoms with E-state index in [0.717, 1.165) is 55.2 Å². The molecule has 0 saturated heterocycles.